The Morgan fingerprint density at radius 3 is 2.31 bits per heavy atom. The lowest BCUT2D eigenvalue weighted by Gasteiger charge is -2.15. The van der Waals surface area contributed by atoms with Crippen molar-refractivity contribution in [3.8, 4) is 0 Å². The molecule has 0 aliphatic carbocycles. The topological polar surface area (TPSA) is 110 Å². The molecule has 8 heteroatoms. The van der Waals surface area contributed by atoms with Crippen LogP contribution in [0.1, 0.15) is 12.0 Å². The number of hydrogen-bond acceptors (Lipinski definition) is 5. The third-order valence-corrected chi connectivity index (χ3v) is 5.15. The molecule has 136 valence electrons. The first kappa shape index (κ1) is 18.2. The molecule has 3 N–H and O–H groups in total. The number of imide groups is 1. The zero-order chi connectivity index (χ0) is 18.7. The summed E-state index contributed by atoms with van der Waals surface area (Å²) in [4.78, 5) is 25.9. The third kappa shape index (κ3) is 3.98. The number of para-hydroxylation sites is 1. The largest absolute Gasteiger partial charge is 0.305 e. The summed E-state index contributed by atoms with van der Waals surface area (Å²) in [6.45, 7) is 0.487. The van der Waals surface area contributed by atoms with E-state index in [0.29, 0.717) is 18.7 Å². The molecule has 0 saturated carbocycles. The van der Waals surface area contributed by atoms with E-state index in [9.17, 15) is 18.0 Å². The van der Waals surface area contributed by atoms with Crippen LogP contribution in [-0.4, -0.2) is 32.8 Å². The van der Waals surface area contributed by atoms with Crippen LogP contribution in [0.15, 0.2) is 59.5 Å². The predicted octanol–water partition coefficient (Wildman–Crippen LogP) is 0.798. The number of benzene rings is 2. The van der Waals surface area contributed by atoms with E-state index in [1.807, 2.05) is 6.07 Å². The number of nitrogens with two attached hydrogens (primary N) is 1. The molecule has 3 rings (SSSR count). The molecular formula is C18H19N3O4S. The first-order valence-corrected chi connectivity index (χ1v) is 9.68. The highest BCUT2D eigenvalue weighted by Gasteiger charge is 2.38. The van der Waals surface area contributed by atoms with Crippen molar-refractivity contribution in [2.45, 2.75) is 23.8 Å². The summed E-state index contributed by atoms with van der Waals surface area (Å²) in [5.74, 6) is -0.484. The fourth-order valence-corrected chi connectivity index (χ4v) is 3.39. The molecule has 0 aromatic heterocycles. The van der Waals surface area contributed by atoms with Gasteiger partial charge in [0.15, 0.2) is 0 Å². The minimum atomic E-state index is -3.70. The minimum absolute atomic E-state index is 0.0595. The molecule has 1 aliphatic rings. The summed E-state index contributed by atoms with van der Waals surface area (Å²) >= 11 is 0. The Morgan fingerprint density at radius 2 is 1.69 bits per heavy atom. The summed E-state index contributed by atoms with van der Waals surface area (Å²) in [6.07, 6.45) is 0.715. The maximum atomic E-state index is 12.5. The van der Waals surface area contributed by atoms with Crippen LogP contribution in [0.3, 0.4) is 0 Å². The number of rotatable bonds is 6. The third-order valence-electron chi connectivity index (χ3n) is 4.22. The molecule has 0 spiro atoms. The zero-order valence-corrected chi connectivity index (χ0v) is 14.8. The summed E-state index contributed by atoms with van der Waals surface area (Å²) in [5.41, 5.74) is 1.48. The molecule has 1 saturated heterocycles. The Bertz CT molecular complexity index is 911. The van der Waals surface area contributed by atoms with Gasteiger partial charge in [0, 0.05) is 0 Å². The van der Waals surface area contributed by atoms with Gasteiger partial charge in [-0.3, -0.25) is 9.59 Å². The van der Waals surface area contributed by atoms with E-state index in [0.717, 1.165) is 5.56 Å². The molecule has 1 atom stereocenters. The number of anilines is 1. The Morgan fingerprint density at radius 1 is 1.04 bits per heavy atom. The van der Waals surface area contributed by atoms with Gasteiger partial charge in [0.2, 0.25) is 15.9 Å². The standard InChI is InChI=1S/C18H19N3O4S/c19-26(24,25)15-8-6-13(7-9-15)10-11-20-16-12-17(22)21(18(16)23)14-4-2-1-3-5-14/h1-9,16,20H,10-12H2,(H2,19,24,25). The first-order valence-electron chi connectivity index (χ1n) is 8.13. The minimum Gasteiger partial charge on any atom is -0.305 e. The Balaban J connectivity index is 1.57. The molecule has 2 amide bonds. The summed E-state index contributed by atoms with van der Waals surface area (Å²) in [6, 6.07) is 14.5. The van der Waals surface area contributed by atoms with Crippen molar-refractivity contribution in [3.63, 3.8) is 0 Å². The van der Waals surface area contributed by atoms with Crippen molar-refractivity contribution in [1.29, 1.82) is 0 Å². The first-order chi connectivity index (χ1) is 12.4. The Kier molecular flexibility index (Phi) is 5.17. The maximum absolute atomic E-state index is 12.5. The van der Waals surface area contributed by atoms with E-state index in [4.69, 9.17) is 5.14 Å². The highest BCUT2D eigenvalue weighted by molar-refractivity contribution is 7.89. The van der Waals surface area contributed by atoms with E-state index in [1.165, 1.54) is 17.0 Å². The van der Waals surface area contributed by atoms with Crippen LogP contribution < -0.4 is 15.4 Å². The molecular weight excluding hydrogens is 354 g/mol. The van der Waals surface area contributed by atoms with Crippen LogP contribution in [-0.2, 0) is 26.0 Å². The molecule has 26 heavy (non-hydrogen) atoms. The number of primary sulfonamides is 1. The summed E-state index contributed by atoms with van der Waals surface area (Å²) < 4.78 is 22.5. The van der Waals surface area contributed by atoms with Gasteiger partial charge in [0.05, 0.1) is 23.0 Å². The van der Waals surface area contributed by atoms with Crippen molar-refractivity contribution < 1.29 is 18.0 Å². The quantitative estimate of drug-likeness (QED) is 0.728. The van der Waals surface area contributed by atoms with Gasteiger partial charge < -0.3 is 5.32 Å². The van der Waals surface area contributed by atoms with Gasteiger partial charge in [-0.1, -0.05) is 30.3 Å². The van der Waals surface area contributed by atoms with Gasteiger partial charge >= 0.3 is 0 Å². The van der Waals surface area contributed by atoms with Crippen LogP contribution in [0.4, 0.5) is 5.69 Å². The highest BCUT2D eigenvalue weighted by atomic mass is 32.2. The lowest BCUT2D eigenvalue weighted by atomic mass is 10.1. The zero-order valence-electron chi connectivity index (χ0n) is 14.0. The van der Waals surface area contributed by atoms with Crippen molar-refractivity contribution >= 4 is 27.5 Å². The van der Waals surface area contributed by atoms with Crippen molar-refractivity contribution in [1.82, 2.24) is 5.32 Å². The summed E-state index contributed by atoms with van der Waals surface area (Å²) in [5, 5.41) is 8.16. The monoisotopic (exact) mass is 373 g/mol. The SMILES string of the molecule is NS(=O)(=O)c1ccc(CCNC2CC(=O)N(c3ccccc3)C2=O)cc1. The number of sulfonamides is 1. The average Bonchev–Trinajstić information content (AvgIpc) is 2.89. The van der Waals surface area contributed by atoms with Crippen molar-refractivity contribution in [3.05, 3.63) is 60.2 Å². The molecule has 0 bridgehead atoms. The summed E-state index contributed by atoms with van der Waals surface area (Å²) in [7, 11) is -3.70. The second-order valence-electron chi connectivity index (χ2n) is 6.05. The molecule has 2 aromatic carbocycles. The van der Waals surface area contributed by atoms with Crippen molar-refractivity contribution in [2.24, 2.45) is 5.14 Å². The molecule has 1 heterocycles. The average molecular weight is 373 g/mol. The molecule has 0 radical (unpaired) electrons. The van der Waals surface area contributed by atoms with Gasteiger partial charge in [0.1, 0.15) is 0 Å². The van der Waals surface area contributed by atoms with Gasteiger partial charge in [-0.05, 0) is 42.8 Å². The predicted molar refractivity (Wildman–Crippen MR) is 96.9 cm³/mol. The van der Waals surface area contributed by atoms with Gasteiger partial charge in [-0.15, -0.1) is 0 Å². The molecule has 1 unspecified atom stereocenters. The fourth-order valence-electron chi connectivity index (χ4n) is 2.88. The van der Waals surface area contributed by atoms with E-state index < -0.39 is 16.1 Å². The number of amides is 2. The lowest BCUT2D eigenvalue weighted by Crippen LogP contribution is -2.39. The Hall–Kier alpha value is -2.55. The van der Waals surface area contributed by atoms with Gasteiger partial charge in [-0.25, -0.2) is 18.5 Å². The van der Waals surface area contributed by atoms with E-state index in [1.54, 1.807) is 36.4 Å². The van der Waals surface area contributed by atoms with Crippen LogP contribution in [0.2, 0.25) is 0 Å². The van der Waals surface area contributed by atoms with Gasteiger partial charge in [0.25, 0.3) is 5.91 Å². The lowest BCUT2D eigenvalue weighted by molar-refractivity contribution is -0.121. The van der Waals surface area contributed by atoms with Gasteiger partial charge in [-0.2, -0.15) is 0 Å². The molecule has 1 aliphatic heterocycles. The van der Waals surface area contributed by atoms with Crippen LogP contribution >= 0.6 is 0 Å². The maximum Gasteiger partial charge on any atom is 0.251 e. The van der Waals surface area contributed by atoms with E-state index in [2.05, 4.69) is 5.32 Å². The number of carbonyl (C=O) groups excluding carboxylic acids is 2. The van der Waals surface area contributed by atoms with Crippen LogP contribution in [0, 0.1) is 0 Å². The molecule has 7 nitrogen and oxygen atoms in total. The number of hydrogen-bond donors (Lipinski definition) is 2. The number of nitrogens with one attached hydrogen (secondary N) is 1. The van der Waals surface area contributed by atoms with E-state index in [-0.39, 0.29) is 23.1 Å². The smallest absolute Gasteiger partial charge is 0.251 e. The second-order valence-corrected chi connectivity index (χ2v) is 7.61. The van der Waals surface area contributed by atoms with E-state index >= 15 is 0 Å². The molecule has 1 fully saturated rings. The van der Waals surface area contributed by atoms with Crippen molar-refractivity contribution in [2.75, 3.05) is 11.4 Å². The normalized spacial score (nSPS) is 17.7. The number of carbonyl (C=O) groups is 2. The highest BCUT2D eigenvalue weighted by Crippen LogP contribution is 2.22. The Labute approximate surface area is 151 Å². The fraction of sp³-hybridized carbons (Fsp3) is 0.222. The van der Waals surface area contributed by atoms with Crippen LogP contribution in [0.25, 0.3) is 0 Å². The molecule has 2 aromatic rings. The van der Waals surface area contributed by atoms with Crippen LogP contribution in [0.5, 0.6) is 0 Å². The number of nitrogens with zero attached hydrogens (tertiary/aromatic N) is 1. The second kappa shape index (κ2) is 7.36.